The molecule has 3 aromatic carbocycles. The average molecular weight is 509 g/mol. The first-order valence-corrected chi connectivity index (χ1v) is 14.2. The number of hydrogen-bond acceptors (Lipinski definition) is 4. The normalized spacial score (nSPS) is 15.7. The summed E-state index contributed by atoms with van der Waals surface area (Å²) in [5.74, 6) is 1.47. The molecule has 5 heteroatoms. The molecule has 1 saturated carbocycles. The van der Waals surface area contributed by atoms with Crippen molar-refractivity contribution in [3.8, 4) is 22.7 Å². The topological polar surface area (TPSA) is 44.1 Å². The Morgan fingerprint density at radius 3 is 2.59 bits per heavy atom. The van der Waals surface area contributed by atoms with Gasteiger partial charge in [0.2, 0.25) is 0 Å². The van der Waals surface area contributed by atoms with Crippen molar-refractivity contribution < 1.29 is 4.74 Å². The van der Waals surface area contributed by atoms with Crippen LogP contribution in [0, 0.1) is 6.92 Å². The van der Waals surface area contributed by atoms with Crippen molar-refractivity contribution in [2.24, 2.45) is 0 Å². The molecule has 6 rings (SSSR count). The highest BCUT2D eigenvalue weighted by Crippen LogP contribution is 2.49. The van der Waals surface area contributed by atoms with E-state index in [0.717, 1.165) is 71.3 Å². The standard InChI is InChI=1S/C32H32N2O2S/c1-22-10-8-11-23(18-22)21-37-31-33-29-27-15-5-4-12-24(27)20-32(16-6-3-7-17-32)28(29)30(35)34(31)25-13-9-14-26(19-25)36-2/h4-5,8-15,18-19H,3,6-7,16-17,20-21H2,1-2H3. The third kappa shape index (κ3) is 4.40. The zero-order chi connectivity index (χ0) is 25.4. The van der Waals surface area contributed by atoms with Crippen molar-refractivity contribution in [3.05, 3.63) is 105 Å². The van der Waals surface area contributed by atoms with E-state index in [-0.39, 0.29) is 11.0 Å². The molecule has 0 saturated heterocycles. The van der Waals surface area contributed by atoms with Gasteiger partial charge in [0.25, 0.3) is 5.56 Å². The number of aromatic nitrogens is 2. The van der Waals surface area contributed by atoms with Crippen LogP contribution in [0.3, 0.4) is 0 Å². The Morgan fingerprint density at radius 2 is 1.78 bits per heavy atom. The summed E-state index contributed by atoms with van der Waals surface area (Å²) >= 11 is 1.62. The molecule has 1 heterocycles. The lowest BCUT2D eigenvalue weighted by Gasteiger charge is -2.42. The first kappa shape index (κ1) is 24.1. The molecule has 0 N–H and O–H groups in total. The second kappa shape index (κ2) is 9.86. The molecule has 0 unspecified atom stereocenters. The van der Waals surface area contributed by atoms with Crippen LogP contribution in [-0.4, -0.2) is 16.7 Å². The van der Waals surface area contributed by atoms with E-state index in [1.807, 2.05) is 28.8 Å². The van der Waals surface area contributed by atoms with E-state index in [0.29, 0.717) is 0 Å². The van der Waals surface area contributed by atoms with Crippen molar-refractivity contribution in [2.75, 3.05) is 7.11 Å². The van der Waals surface area contributed by atoms with E-state index >= 15 is 0 Å². The van der Waals surface area contributed by atoms with Crippen LogP contribution in [0.2, 0.25) is 0 Å². The highest BCUT2D eigenvalue weighted by Gasteiger charge is 2.43. The zero-order valence-corrected chi connectivity index (χ0v) is 22.3. The van der Waals surface area contributed by atoms with Crippen molar-refractivity contribution in [2.45, 2.75) is 61.8 Å². The first-order valence-electron chi connectivity index (χ1n) is 13.2. The fourth-order valence-electron chi connectivity index (χ4n) is 6.21. The number of methoxy groups -OCH3 is 1. The lowest BCUT2D eigenvalue weighted by atomic mass is 9.62. The van der Waals surface area contributed by atoms with Gasteiger partial charge in [-0.05, 0) is 49.4 Å². The summed E-state index contributed by atoms with van der Waals surface area (Å²) < 4.78 is 7.36. The molecule has 2 aliphatic rings. The summed E-state index contributed by atoms with van der Waals surface area (Å²) in [4.78, 5) is 20.0. The molecule has 0 aliphatic heterocycles. The fraction of sp³-hybridized carbons (Fsp3) is 0.312. The number of nitrogens with zero attached hydrogens (tertiary/aromatic N) is 2. The zero-order valence-electron chi connectivity index (χ0n) is 21.5. The summed E-state index contributed by atoms with van der Waals surface area (Å²) in [5.41, 5.74) is 7.41. The van der Waals surface area contributed by atoms with Gasteiger partial charge in [-0.3, -0.25) is 9.36 Å². The number of ether oxygens (including phenoxy) is 1. The lowest BCUT2D eigenvalue weighted by Crippen LogP contribution is -2.42. The maximum absolute atomic E-state index is 14.7. The van der Waals surface area contributed by atoms with Crippen LogP contribution in [-0.2, 0) is 17.6 Å². The van der Waals surface area contributed by atoms with Crippen LogP contribution in [0.4, 0.5) is 0 Å². The highest BCUT2D eigenvalue weighted by molar-refractivity contribution is 7.98. The van der Waals surface area contributed by atoms with Crippen LogP contribution >= 0.6 is 11.8 Å². The van der Waals surface area contributed by atoms with Crippen molar-refractivity contribution in [3.63, 3.8) is 0 Å². The number of thioether (sulfide) groups is 1. The molecule has 1 aromatic heterocycles. The molecule has 1 fully saturated rings. The van der Waals surface area contributed by atoms with Crippen LogP contribution in [0.25, 0.3) is 16.9 Å². The number of rotatable bonds is 5. The van der Waals surface area contributed by atoms with E-state index in [1.54, 1.807) is 18.9 Å². The van der Waals surface area contributed by atoms with Gasteiger partial charge in [0.05, 0.1) is 24.1 Å². The molecule has 2 aliphatic carbocycles. The molecule has 188 valence electrons. The van der Waals surface area contributed by atoms with E-state index < -0.39 is 0 Å². The highest BCUT2D eigenvalue weighted by atomic mass is 32.2. The summed E-state index contributed by atoms with van der Waals surface area (Å²) in [5, 5.41) is 0.723. The van der Waals surface area contributed by atoms with Gasteiger partial charge in [0, 0.05) is 22.8 Å². The quantitative estimate of drug-likeness (QED) is 0.210. The summed E-state index contributed by atoms with van der Waals surface area (Å²) in [6, 6.07) is 24.9. The van der Waals surface area contributed by atoms with Gasteiger partial charge in [-0.1, -0.05) is 91.2 Å². The summed E-state index contributed by atoms with van der Waals surface area (Å²) in [6.07, 6.45) is 6.55. The predicted molar refractivity (Wildman–Crippen MR) is 151 cm³/mol. The maximum Gasteiger partial charge on any atom is 0.263 e. The third-order valence-electron chi connectivity index (χ3n) is 7.96. The average Bonchev–Trinajstić information content (AvgIpc) is 2.92. The number of benzene rings is 3. The number of fused-ring (bicyclic) bond motifs is 4. The van der Waals surface area contributed by atoms with Gasteiger partial charge in [0.15, 0.2) is 5.16 Å². The Bertz CT molecular complexity index is 1520. The van der Waals surface area contributed by atoms with Gasteiger partial charge >= 0.3 is 0 Å². The Kier molecular flexibility index (Phi) is 6.41. The van der Waals surface area contributed by atoms with Crippen LogP contribution in [0.1, 0.15) is 54.4 Å². The Hall–Kier alpha value is -3.31. The third-order valence-corrected chi connectivity index (χ3v) is 8.97. The van der Waals surface area contributed by atoms with E-state index in [4.69, 9.17) is 9.72 Å². The van der Waals surface area contributed by atoms with Gasteiger partial charge in [-0.2, -0.15) is 0 Å². The Morgan fingerprint density at radius 1 is 0.973 bits per heavy atom. The monoisotopic (exact) mass is 508 g/mol. The Balaban J connectivity index is 1.58. The number of aryl methyl sites for hydroxylation is 1. The smallest absolute Gasteiger partial charge is 0.263 e. The van der Waals surface area contributed by atoms with Gasteiger partial charge in [-0.15, -0.1) is 0 Å². The molecule has 1 spiro atoms. The molecular formula is C32H32N2O2S. The van der Waals surface area contributed by atoms with E-state index in [9.17, 15) is 4.79 Å². The molecular weight excluding hydrogens is 476 g/mol. The fourth-order valence-corrected chi connectivity index (χ4v) is 7.16. The molecule has 0 atom stereocenters. The SMILES string of the molecule is COc1cccc(-n2c(SCc3cccc(C)c3)nc3c(c2=O)C2(CCCCC2)Cc2ccccc2-3)c1. The molecule has 4 aromatic rings. The largest absolute Gasteiger partial charge is 0.497 e. The van der Waals surface area contributed by atoms with Crippen molar-refractivity contribution >= 4 is 11.8 Å². The van der Waals surface area contributed by atoms with Crippen molar-refractivity contribution in [1.29, 1.82) is 0 Å². The minimum absolute atomic E-state index is 0.0707. The lowest BCUT2D eigenvalue weighted by molar-refractivity contribution is 0.283. The minimum Gasteiger partial charge on any atom is -0.497 e. The molecule has 0 bridgehead atoms. The van der Waals surface area contributed by atoms with Crippen molar-refractivity contribution in [1.82, 2.24) is 9.55 Å². The van der Waals surface area contributed by atoms with Crippen LogP contribution < -0.4 is 10.3 Å². The summed E-state index contributed by atoms with van der Waals surface area (Å²) in [6.45, 7) is 2.11. The Labute approximate surface area is 222 Å². The van der Waals surface area contributed by atoms with Gasteiger partial charge in [0.1, 0.15) is 5.75 Å². The molecule has 0 amide bonds. The van der Waals surface area contributed by atoms with E-state index in [1.165, 1.54) is 23.1 Å². The molecule has 0 radical (unpaired) electrons. The van der Waals surface area contributed by atoms with Crippen LogP contribution in [0.5, 0.6) is 5.75 Å². The second-order valence-electron chi connectivity index (χ2n) is 10.4. The predicted octanol–water partition coefficient (Wildman–Crippen LogP) is 7.27. The van der Waals surface area contributed by atoms with Gasteiger partial charge < -0.3 is 4.74 Å². The molecule has 4 nitrogen and oxygen atoms in total. The first-order chi connectivity index (χ1) is 18.1. The van der Waals surface area contributed by atoms with Gasteiger partial charge in [-0.25, -0.2) is 4.98 Å². The minimum atomic E-state index is -0.146. The molecule has 37 heavy (non-hydrogen) atoms. The van der Waals surface area contributed by atoms with E-state index in [2.05, 4.69) is 55.5 Å². The van der Waals surface area contributed by atoms with Crippen LogP contribution in [0.15, 0.2) is 82.7 Å². The number of hydrogen-bond donors (Lipinski definition) is 0. The maximum atomic E-state index is 14.7. The summed E-state index contributed by atoms with van der Waals surface area (Å²) in [7, 11) is 1.66. The second-order valence-corrected chi connectivity index (χ2v) is 11.4.